The van der Waals surface area contributed by atoms with Crippen molar-refractivity contribution in [3.05, 3.63) is 59.2 Å². The molecule has 2 amide bonds. The van der Waals surface area contributed by atoms with Crippen molar-refractivity contribution >= 4 is 11.7 Å². The van der Waals surface area contributed by atoms with E-state index in [1.807, 2.05) is 39.0 Å². The first-order chi connectivity index (χ1) is 23.9. The van der Waals surface area contributed by atoms with Gasteiger partial charge in [0, 0.05) is 44.7 Å². The third-order valence-electron chi connectivity index (χ3n) is 10.4. The van der Waals surface area contributed by atoms with E-state index >= 15 is 0 Å². The summed E-state index contributed by atoms with van der Waals surface area (Å²) >= 11 is 0. The van der Waals surface area contributed by atoms with Crippen molar-refractivity contribution in [1.82, 2.24) is 10.2 Å². The lowest BCUT2D eigenvalue weighted by atomic mass is 9.55. The SMILES string of the molecule is CN(C(=O)NCc1ccc2c(c1)OCO2)[C@H]1CC(=NOC(C)(C)C)C2=C[C@H](CCCCO)[C@@H](CCCCO)[C@@H]3c4cc(O)ccc4O[C@@]1(O)[C@H]23. The van der Waals surface area contributed by atoms with Crippen LogP contribution in [0, 0.1) is 17.8 Å². The zero-order valence-electron chi connectivity index (χ0n) is 29.4. The third kappa shape index (κ3) is 7.24. The van der Waals surface area contributed by atoms with Crippen LogP contribution in [0.4, 0.5) is 4.79 Å². The number of urea groups is 1. The first kappa shape index (κ1) is 35.8. The van der Waals surface area contributed by atoms with Gasteiger partial charge in [-0.15, -0.1) is 0 Å². The minimum Gasteiger partial charge on any atom is -0.508 e. The summed E-state index contributed by atoms with van der Waals surface area (Å²) in [4.78, 5) is 21.4. The molecule has 1 saturated carbocycles. The number of amides is 2. The molecule has 6 rings (SSSR count). The Bertz CT molecular complexity index is 1600. The second kappa shape index (κ2) is 14.7. The topological polar surface area (TPSA) is 163 Å². The maximum Gasteiger partial charge on any atom is 0.317 e. The molecular formula is C38H51N3O9. The summed E-state index contributed by atoms with van der Waals surface area (Å²) in [6.07, 6.45) is 6.84. The number of oxime groups is 1. The van der Waals surface area contributed by atoms with Crippen LogP contribution in [0.2, 0.25) is 0 Å². The van der Waals surface area contributed by atoms with E-state index in [0.29, 0.717) is 35.8 Å². The summed E-state index contributed by atoms with van der Waals surface area (Å²) in [6, 6.07) is 9.20. The van der Waals surface area contributed by atoms with E-state index in [1.165, 1.54) is 4.90 Å². The first-order valence-electron chi connectivity index (χ1n) is 17.8. The van der Waals surface area contributed by atoms with Crippen molar-refractivity contribution < 1.29 is 44.3 Å². The zero-order valence-corrected chi connectivity index (χ0v) is 29.4. The second-order valence-corrected chi connectivity index (χ2v) is 14.9. The summed E-state index contributed by atoms with van der Waals surface area (Å²) in [5, 5.41) is 50.7. The number of hydrogen-bond acceptors (Lipinski definition) is 10. The highest BCUT2D eigenvalue weighted by atomic mass is 16.7. The number of aliphatic hydroxyl groups excluding tert-OH is 2. The van der Waals surface area contributed by atoms with Gasteiger partial charge in [-0.25, -0.2) is 4.79 Å². The molecule has 0 aromatic heterocycles. The Hall–Kier alpha value is -4.00. The highest BCUT2D eigenvalue weighted by Crippen LogP contribution is 2.60. The Morgan fingerprint density at radius 2 is 1.74 bits per heavy atom. The van der Waals surface area contributed by atoms with Gasteiger partial charge in [-0.1, -0.05) is 30.1 Å². The molecule has 0 unspecified atom stereocenters. The highest BCUT2D eigenvalue weighted by Gasteiger charge is 2.63. The predicted octanol–water partition coefficient (Wildman–Crippen LogP) is 5.18. The Morgan fingerprint density at radius 3 is 2.48 bits per heavy atom. The van der Waals surface area contributed by atoms with Crippen LogP contribution < -0.4 is 19.5 Å². The smallest absolute Gasteiger partial charge is 0.317 e. The number of phenols is 1. The number of aliphatic hydroxyl groups is 3. The zero-order chi connectivity index (χ0) is 35.6. The Labute approximate surface area is 293 Å². The van der Waals surface area contributed by atoms with Crippen molar-refractivity contribution in [2.75, 3.05) is 27.1 Å². The minimum absolute atomic E-state index is 0.0126. The molecule has 0 bridgehead atoms. The molecule has 12 nitrogen and oxygen atoms in total. The number of carbonyl (C=O) groups is 1. The summed E-state index contributed by atoms with van der Waals surface area (Å²) in [7, 11) is 1.65. The van der Waals surface area contributed by atoms with E-state index in [4.69, 9.17) is 24.2 Å². The van der Waals surface area contributed by atoms with Crippen molar-refractivity contribution in [3.63, 3.8) is 0 Å². The number of ether oxygens (including phenoxy) is 3. The van der Waals surface area contributed by atoms with Crippen LogP contribution in [-0.2, 0) is 11.4 Å². The van der Waals surface area contributed by atoms with Gasteiger partial charge >= 0.3 is 6.03 Å². The molecule has 2 aromatic rings. The fourth-order valence-electron chi connectivity index (χ4n) is 8.05. The van der Waals surface area contributed by atoms with Gasteiger partial charge in [0.15, 0.2) is 11.5 Å². The molecule has 0 radical (unpaired) electrons. The van der Waals surface area contributed by atoms with Gasteiger partial charge in [0.2, 0.25) is 12.6 Å². The normalized spacial score (nSPS) is 27.1. The van der Waals surface area contributed by atoms with E-state index in [1.54, 1.807) is 25.2 Å². The monoisotopic (exact) mass is 693 g/mol. The quantitative estimate of drug-likeness (QED) is 0.149. The lowest BCUT2D eigenvalue weighted by Gasteiger charge is -2.58. The summed E-state index contributed by atoms with van der Waals surface area (Å²) < 4.78 is 17.5. The Morgan fingerprint density at radius 1 is 1.02 bits per heavy atom. The van der Waals surface area contributed by atoms with Gasteiger partial charge in [-0.05, 0) is 99.8 Å². The van der Waals surface area contributed by atoms with Crippen molar-refractivity contribution in [3.8, 4) is 23.0 Å². The number of hydrogen-bond donors (Lipinski definition) is 5. The van der Waals surface area contributed by atoms with E-state index < -0.39 is 29.4 Å². The van der Waals surface area contributed by atoms with Gasteiger partial charge < -0.3 is 49.7 Å². The van der Waals surface area contributed by atoms with Crippen LogP contribution in [-0.4, -0.2) is 81.6 Å². The number of rotatable bonds is 12. The molecule has 5 N–H and O–H groups in total. The standard InChI is InChI=1S/C38H51N3O9/c1-37(2,3)50-40-29-20-33(41(4)36(45)39-21-23-11-13-31-32(17-23)48-22-47-31)38(46)35-27(29)18-24(9-5-7-15-42)26(10-6-8-16-43)34(35)28-19-25(44)12-14-30(28)49-38/h11-14,17-19,24,26,33-35,42-44,46H,5-10,15-16,20-22H2,1-4H3,(H,39,45)/t24-,26+,33-,34+,35+,38+/m0/s1. The molecule has 4 aliphatic rings. The van der Waals surface area contributed by atoms with Crippen molar-refractivity contribution in [2.24, 2.45) is 22.9 Å². The van der Waals surface area contributed by atoms with Crippen LogP contribution in [0.15, 0.2) is 53.2 Å². The predicted molar refractivity (Wildman–Crippen MR) is 186 cm³/mol. The fraction of sp³-hybridized carbons (Fsp3) is 0.579. The van der Waals surface area contributed by atoms with E-state index in [2.05, 4.69) is 11.4 Å². The van der Waals surface area contributed by atoms with Gasteiger partial charge in [-0.2, -0.15) is 0 Å². The number of fused-ring (bicyclic) bond motifs is 3. The van der Waals surface area contributed by atoms with Crippen molar-refractivity contribution in [1.29, 1.82) is 0 Å². The number of aromatic hydroxyl groups is 1. The average Bonchev–Trinajstić information content (AvgIpc) is 3.55. The third-order valence-corrected chi connectivity index (χ3v) is 10.4. The molecule has 272 valence electrons. The molecule has 0 spiro atoms. The van der Waals surface area contributed by atoms with Crippen LogP contribution in [0.25, 0.3) is 0 Å². The Kier molecular flexibility index (Phi) is 10.5. The summed E-state index contributed by atoms with van der Waals surface area (Å²) in [5.74, 6) is -0.889. The number of benzene rings is 2. The van der Waals surface area contributed by atoms with Gasteiger partial charge in [0.1, 0.15) is 23.1 Å². The van der Waals surface area contributed by atoms with Gasteiger partial charge in [0.05, 0.1) is 11.6 Å². The molecule has 2 aromatic carbocycles. The van der Waals surface area contributed by atoms with Crippen LogP contribution >= 0.6 is 0 Å². The fourth-order valence-corrected chi connectivity index (χ4v) is 8.05. The average molecular weight is 694 g/mol. The minimum atomic E-state index is -1.85. The lowest BCUT2D eigenvalue weighted by molar-refractivity contribution is -0.226. The van der Waals surface area contributed by atoms with E-state index in [-0.39, 0.29) is 56.5 Å². The number of carbonyl (C=O) groups excluding carboxylic acids is 1. The van der Waals surface area contributed by atoms with Crippen LogP contribution in [0.3, 0.4) is 0 Å². The van der Waals surface area contributed by atoms with Crippen molar-refractivity contribution in [2.45, 2.75) is 95.6 Å². The molecule has 12 heteroatoms. The van der Waals surface area contributed by atoms with Gasteiger partial charge in [-0.3, -0.25) is 0 Å². The second-order valence-electron chi connectivity index (χ2n) is 14.9. The van der Waals surface area contributed by atoms with E-state index in [0.717, 1.165) is 42.4 Å². The molecule has 2 aliphatic carbocycles. The first-order valence-corrected chi connectivity index (χ1v) is 17.8. The number of phenolic OH excluding ortho intramolecular Hbond substituents is 1. The number of nitrogens with zero attached hydrogens (tertiary/aromatic N) is 2. The lowest BCUT2D eigenvalue weighted by Crippen LogP contribution is -2.69. The number of nitrogens with one attached hydrogen (secondary N) is 1. The maximum atomic E-state index is 13.9. The number of allylic oxidation sites excluding steroid dienone is 1. The Balaban J connectivity index is 1.41. The molecule has 0 saturated heterocycles. The molecule has 1 fully saturated rings. The maximum absolute atomic E-state index is 13.9. The van der Waals surface area contributed by atoms with Gasteiger partial charge in [0.25, 0.3) is 0 Å². The summed E-state index contributed by atoms with van der Waals surface area (Å²) in [6.45, 7) is 6.31. The number of likely N-dealkylation sites (N-methyl/N-ethyl adjacent to an activating group) is 1. The highest BCUT2D eigenvalue weighted by molar-refractivity contribution is 6.03. The molecule has 6 atom stereocenters. The van der Waals surface area contributed by atoms with Crippen LogP contribution in [0.5, 0.6) is 23.0 Å². The number of unbranched alkanes of at least 4 members (excludes halogenated alkanes) is 2. The molecule has 2 aliphatic heterocycles. The molecular weight excluding hydrogens is 642 g/mol. The summed E-state index contributed by atoms with van der Waals surface area (Å²) in [5.41, 5.74) is 2.48. The largest absolute Gasteiger partial charge is 0.508 e. The molecule has 2 heterocycles. The van der Waals surface area contributed by atoms with Crippen LogP contribution in [0.1, 0.15) is 82.8 Å². The molecule has 50 heavy (non-hydrogen) atoms. The van der Waals surface area contributed by atoms with E-state index in [9.17, 15) is 25.2 Å².